The van der Waals surface area contributed by atoms with Crippen molar-refractivity contribution in [3.05, 3.63) is 93.1 Å². The van der Waals surface area contributed by atoms with E-state index in [2.05, 4.69) is 10.6 Å². The van der Waals surface area contributed by atoms with Crippen molar-refractivity contribution in [2.45, 2.75) is 50.8 Å². The molecular formula is C35H41ClFN7O5. The van der Waals surface area contributed by atoms with Gasteiger partial charge < -0.3 is 30.0 Å². The number of halogens is 2. The van der Waals surface area contributed by atoms with Gasteiger partial charge in [0.05, 0.1) is 48.6 Å². The summed E-state index contributed by atoms with van der Waals surface area (Å²) in [6.45, 7) is 4.33. The van der Waals surface area contributed by atoms with Gasteiger partial charge in [-0.3, -0.25) is 14.5 Å². The van der Waals surface area contributed by atoms with E-state index in [9.17, 15) is 18.8 Å². The molecule has 2 N–H and O–H groups in total. The normalized spacial score (nSPS) is 20.1. The monoisotopic (exact) mass is 693 g/mol. The maximum Gasteiger partial charge on any atom is 0.326 e. The van der Waals surface area contributed by atoms with E-state index in [0.717, 1.165) is 19.4 Å². The number of anilines is 1. The highest BCUT2D eigenvalue weighted by Crippen LogP contribution is 2.33. The summed E-state index contributed by atoms with van der Waals surface area (Å²) in [4.78, 5) is 50.1. The van der Waals surface area contributed by atoms with E-state index in [4.69, 9.17) is 26.1 Å². The molecule has 0 saturated carbocycles. The maximum absolute atomic E-state index is 14.4. The molecule has 49 heavy (non-hydrogen) atoms. The lowest BCUT2D eigenvalue weighted by molar-refractivity contribution is -0.132. The van der Waals surface area contributed by atoms with E-state index in [0.29, 0.717) is 77.9 Å². The number of nitrogens with one attached hydrogen (secondary N) is 2. The Morgan fingerprint density at radius 3 is 2.55 bits per heavy atom. The van der Waals surface area contributed by atoms with Gasteiger partial charge in [0.2, 0.25) is 5.91 Å². The minimum absolute atomic E-state index is 0.0883. The highest BCUT2D eigenvalue weighted by molar-refractivity contribution is 6.31. The van der Waals surface area contributed by atoms with Crippen LogP contribution >= 0.6 is 11.6 Å². The topological polar surface area (TPSA) is 121 Å². The summed E-state index contributed by atoms with van der Waals surface area (Å²) in [5.74, 6) is 0.638. The Balaban J connectivity index is 1.39. The quantitative estimate of drug-likeness (QED) is 0.335. The molecule has 14 heteroatoms. The van der Waals surface area contributed by atoms with Crippen molar-refractivity contribution in [2.24, 2.45) is 0 Å². The van der Waals surface area contributed by atoms with Crippen molar-refractivity contribution in [2.75, 3.05) is 57.3 Å². The Bertz CT molecular complexity index is 1820. The number of methoxy groups -OCH3 is 2. The number of nitrogens with zero attached hydrogens (tertiary/aromatic N) is 5. The molecule has 0 bridgehead atoms. The first-order valence-corrected chi connectivity index (χ1v) is 16.9. The number of ether oxygens (including phenoxy) is 2. The first-order valence-electron chi connectivity index (χ1n) is 16.5. The van der Waals surface area contributed by atoms with Gasteiger partial charge in [0.1, 0.15) is 11.9 Å². The molecule has 6 rings (SSSR count). The molecule has 2 aliphatic heterocycles. The van der Waals surface area contributed by atoms with Gasteiger partial charge in [0.25, 0.3) is 5.56 Å². The minimum atomic E-state index is -0.817. The predicted molar refractivity (Wildman–Crippen MR) is 185 cm³/mol. The van der Waals surface area contributed by atoms with Crippen LogP contribution in [-0.2, 0) is 14.3 Å². The summed E-state index contributed by atoms with van der Waals surface area (Å²) < 4.78 is 26.5. The average molecular weight is 694 g/mol. The summed E-state index contributed by atoms with van der Waals surface area (Å²) >= 11 is 6.33. The van der Waals surface area contributed by atoms with Crippen LogP contribution in [0.3, 0.4) is 0 Å². The zero-order valence-electron chi connectivity index (χ0n) is 27.8. The number of aromatic nitrogens is 2. The van der Waals surface area contributed by atoms with E-state index in [1.807, 2.05) is 9.91 Å². The fourth-order valence-electron chi connectivity index (χ4n) is 6.71. The number of hydrogen-bond acceptors (Lipinski definition) is 8. The molecule has 0 radical (unpaired) electrons. The molecule has 12 nitrogen and oxygen atoms in total. The van der Waals surface area contributed by atoms with E-state index < -0.39 is 24.0 Å². The highest BCUT2D eigenvalue weighted by Gasteiger charge is 2.36. The molecule has 0 spiro atoms. The standard InChI is InChI=1S/C35H41ClFN7O5/c1-22(43(30-13-11-27(48-2)21-31(30)49-3)35(47)39-25-9-7-24(37)8-10-25)33-40-29-12-6-23(36)19-28(29)34(46)44(33)42-17-15-41(16-18-42)32(45)20-26-5-4-14-38-26/h6-13,19,22,26,31,38H,4-5,14-18,20-21H2,1-3H3,(H,39,47)/t22?,26-,31?/m0/s1. The van der Waals surface area contributed by atoms with Gasteiger partial charge >= 0.3 is 6.03 Å². The van der Waals surface area contributed by atoms with Crippen molar-refractivity contribution in [1.82, 2.24) is 24.8 Å². The summed E-state index contributed by atoms with van der Waals surface area (Å²) in [6.07, 6.45) is 5.84. The molecular weight excluding hydrogens is 653 g/mol. The van der Waals surface area contributed by atoms with Gasteiger partial charge in [-0.05, 0) is 80.9 Å². The SMILES string of the molecule is COC1=CC=C(N(C(=O)Nc2ccc(F)cc2)C(C)c2nc3ccc(Cl)cc3c(=O)n2N2CCN(C(=O)C[C@@H]3CCCN3)CC2)C(OC)C1. The Morgan fingerprint density at radius 1 is 1.12 bits per heavy atom. The molecule has 3 aromatic rings. The second-order valence-corrected chi connectivity index (χ2v) is 12.9. The van der Waals surface area contributed by atoms with Crippen LogP contribution in [0.4, 0.5) is 14.9 Å². The molecule has 260 valence electrons. The molecule has 1 aromatic heterocycles. The molecule has 2 fully saturated rings. The third-order valence-corrected chi connectivity index (χ3v) is 9.60. The number of rotatable bonds is 9. The number of amides is 3. The van der Waals surface area contributed by atoms with Crippen molar-refractivity contribution in [3.63, 3.8) is 0 Å². The van der Waals surface area contributed by atoms with Crippen molar-refractivity contribution in [3.8, 4) is 0 Å². The number of benzene rings is 2. The second kappa shape index (κ2) is 15.0. The lowest BCUT2D eigenvalue weighted by Crippen LogP contribution is -2.57. The van der Waals surface area contributed by atoms with Crippen LogP contribution in [0.5, 0.6) is 0 Å². The van der Waals surface area contributed by atoms with Gasteiger partial charge in [-0.15, -0.1) is 0 Å². The maximum atomic E-state index is 14.4. The van der Waals surface area contributed by atoms with Gasteiger partial charge in [-0.2, -0.15) is 0 Å². The smallest absolute Gasteiger partial charge is 0.326 e. The molecule has 3 atom stereocenters. The molecule has 3 amide bonds. The van der Waals surface area contributed by atoms with Gasteiger partial charge in [0.15, 0.2) is 5.82 Å². The first kappa shape index (κ1) is 34.4. The van der Waals surface area contributed by atoms with Crippen LogP contribution in [0.25, 0.3) is 10.9 Å². The second-order valence-electron chi connectivity index (χ2n) is 12.4. The molecule has 2 saturated heterocycles. The number of hydrogen-bond donors (Lipinski definition) is 2. The van der Waals surface area contributed by atoms with Crippen LogP contribution in [0.2, 0.25) is 5.02 Å². The third-order valence-electron chi connectivity index (χ3n) is 9.36. The zero-order valence-corrected chi connectivity index (χ0v) is 28.6. The van der Waals surface area contributed by atoms with Gasteiger partial charge in [-0.25, -0.2) is 18.8 Å². The predicted octanol–water partition coefficient (Wildman–Crippen LogP) is 4.54. The number of carbonyl (C=O) groups is 2. The van der Waals surface area contributed by atoms with Crippen LogP contribution in [-0.4, -0.2) is 90.5 Å². The highest BCUT2D eigenvalue weighted by atomic mass is 35.5. The first-order chi connectivity index (χ1) is 23.7. The Morgan fingerprint density at radius 2 is 1.88 bits per heavy atom. The van der Waals surface area contributed by atoms with Crippen LogP contribution < -0.4 is 21.2 Å². The summed E-state index contributed by atoms with van der Waals surface area (Å²) in [6, 6.07) is 9.25. The Hall–Kier alpha value is -4.46. The van der Waals surface area contributed by atoms with E-state index >= 15 is 0 Å². The van der Waals surface area contributed by atoms with E-state index in [-0.39, 0.29) is 17.5 Å². The molecule has 1 aliphatic carbocycles. The third kappa shape index (κ3) is 7.43. The van der Waals surface area contributed by atoms with E-state index in [1.54, 1.807) is 51.5 Å². The summed E-state index contributed by atoms with van der Waals surface area (Å²) in [7, 11) is 3.12. The Labute approximate surface area is 289 Å². The van der Waals surface area contributed by atoms with Crippen molar-refractivity contribution in [1.29, 1.82) is 0 Å². The molecule has 2 aromatic carbocycles. The zero-order chi connectivity index (χ0) is 34.7. The molecule has 3 aliphatic rings. The van der Waals surface area contributed by atoms with Crippen molar-refractivity contribution < 1.29 is 23.5 Å². The van der Waals surface area contributed by atoms with E-state index in [1.165, 1.54) is 33.8 Å². The van der Waals surface area contributed by atoms with Crippen LogP contribution in [0.15, 0.2) is 70.9 Å². The van der Waals surface area contributed by atoms with Crippen LogP contribution in [0.1, 0.15) is 44.5 Å². The minimum Gasteiger partial charge on any atom is -0.501 e. The lowest BCUT2D eigenvalue weighted by atomic mass is 10.0. The largest absolute Gasteiger partial charge is 0.501 e. The van der Waals surface area contributed by atoms with Crippen LogP contribution in [0, 0.1) is 5.82 Å². The number of urea groups is 1. The van der Waals surface area contributed by atoms with Crippen molar-refractivity contribution >= 4 is 40.1 Å². The molecule has 3 heterocycles. The van der Waals surface area contributed by atoms with Gasteiger partial charge in [-0.1, -0.05) is 11.6 Å². The molecule has 2 unspecified atom stereocenters. The summed E-state index contributed by atoms with van der Waals surface area (Å²) in [5.41, 5.74) is 0.981. The number of carbonyl (C=O) groups excluding carboxylic acids is 2. The summed E-state index contributed by atoms with van der Waals surface area (Å²) in [5, 5.41) is 8.86. The number of fused-ring (bicyclic) bond motifs is 1. The average Bonchev–Trinajstić information content (AvgIpc) is 3.62. The fraction of sp³-hybridized carbons (Fsp3) is 0.429. The lowest BCUT2D eigenvalue weighted by Gasteiger charge is -2.40. The number of piperazine rings is 1. The Kier molecular flexibility index (Phi) is 10.5. The van der Waals surface area contributed by atoms with Gasteiger partial charge in [0, 0.05) is 49.8 Å². The fourth-order valence-corrected chi connectivity index (χ4v) is 6.88. The number of allylic oxidation sites excluding steroid dienone is 2.